The smallest absolute Gasteiger partial charge is 0.318 e. The Kier molecular flexibility index (Phi) is 5.88. The maximum absolute atomic E-state index is 11.4. The van der Waals surface area contributed by atoms with Gasteiger partial charge in [-0.15, -0.1) is 0 Å². The third-order valence-electron chi connectivity index (χ3n) is 2.61. The fourth-order valence-electron chi connectivity index (χ4n) is 1.63. The number of amides is 2. The molecule has 0 unspecified atom stereocenters. The van der Waals surface area contributed by atoms with Crippen molar-refractivity contribution < 1.29 is 14.3 Å². The molecule has 1 aliphatic carbocycles. The molecule has 5 heteroatoms. The van der Waals surface area contributed by atoms with Gasteiger partial charge in [-0.1, -0.05) is 5.57 Å². The molecule has 1 aliphatic rings. The normalized spacial score (nSPS) is 15.3. The monoisotopic (exact) mass is 228 g/mol. The van der Waals surface area contributed by atoms with Crippen molar-refractivity contribution in [3.63, 3.8) is 0 Å². The molecule has 0 aliphatic heterocycles. The van der Waals surface area contributed by atoms with Gasteiger partial charge in [-0.3, -0.25) is 0 Å². The van der Waals surface area contributed by atoms with Gasteiger partial charge in [-0.25, -0.2) is 4.79 Å². The van der Waals surface area contributed by atoms with E-state index >= 15 is 0 Å². The standard InChI is InChI=1S/C11H20N2O3/c1-15-10(16-2)8-13-11(14)12-7-9-5-3-4-6-9/h7,10H,3-6,8H2,1-2H3,(H2,12,13,14). The second kappa shape index (κ2) is 7.24. The van der Waals surface area contributed by atoms with Gasteiger partial charge in [-0.2, -0.15) is 0 Å². The zero-order chi connectivity index (χ0) is 11.8. The molecule has 0 radical (unpaired) electrons. The lowest BCUT2D eigenvalue weighted by Crippen LogP contribution is -2.38. The Hall–Kier alpha value is -1.07. The molecule has 2 N–H and O–H groups in total. The Morgan fingerprint density at radius 1 is 1.38 bits per heavy atom. The van der Waals surface area contributed by atoms with Crippen molar-refractivity contribution in [1.82, 2.24) is 10.6 Å². The van der Waals surface area contributed by atoms with Gasteiger partial charge in [0.1, 0.15) is 0 Å². The van der Waals surface area contributed by atoms with Crippen LogP contribution in [0.4, 0.5) is 4.79 Å². The molecule has 16 heavy (non-hydrogen) atoms. The molecule has 0 aromatic carbocycles. The highest BCUT2D eigenvalue weighted by molar-refractivity contribution is 5.74. The lowest BCUT2D eigenvalue weighted by Gasteiger charge is -2.13. The minimum Gasteiger partial charge on any atom is -0.354 e. The average Bonchev–Trinajstić information content (AvgIpc) is 2.80. The van der Waals surface area contributed by atoms with Crippen LogP contribution in [0.25, 0.3) is 0 Å². The summed E-state index contributed by atoms with van der Waals surface area (Å²) < 4.78 is 9.90. The zero-order valence-electron chi connectivity index (χ0n) is 9.91. The summed E-state index contributed by atoms with van der Waals surface area (Å²) >= 11 is 0. The summed E-state index contributed by atoms with van der Waals surface area (Å²) in [6, 6.07) is -0.224. The van der Waals surface area contributed by atoms with E-state index in [9.17, 15) is 4.79 Å². The summed E-state index contributed by atoms with van der Waals surface area (Å²) in [6.07, 6.45) is 6.05. The fraction of sp³-hybridized carbons (Fsp3) is 0.727. The van der Waals surface area contributed by atoms with Crippen LogP contribution in [0.3, 0.4) is 0 Å². The molecule has 1 rings (SSSR count). The van der Waals surface area contributed by atoms with Crippen LogP contribution in [-0.2, 0) is 9.47 Å². The van der Waals surface area contributed by atoms with E-state index in [0.29, 0.717) is 6.54 Å². The Morgan fingerprint density at radius 2 is 2.00 bits per heavy atom. The van der Waals surface area contributed by atoms with E-state index in [4.69, 9.17) is 9.47 Å². The molecule has 5 nitrogen and oxygen atoms in total. The number of allylic oxidation sites excluding steroid dienone is 1. The van der Waals surface area contributed by atoms with Crippen molar-refractivity contribution in [3.05, 3.63) is 11.8 Å². The first-order chi connectivity index (χ1) is 7.76. The fourth-order valence-corrected chi connectivity index (χ4v) is 1.63. The number of nitrogens with one attached hydrogen (secondary N) is 2. The predicted octanol–water partition coefficient (Wildman–Crippen LogP) is 1.36. The van der Waals surface area contributed by atoms with Gasteiger partial charge < -0.3 is 20.1 Å². The quantitative estimate of drug-likeness (QED) is 0.698. The molecule has 0 aromatic rings. The predicted molar refractivity (Wildman–Crippen MR) is 60.9 cm³/mol. The summed E-state index contributed by atoms with van der Waals surface area (Å²) in [5.41, 5.74) is 1.31. The first kappa shape index (κ1) is 13.0. The van der Waals surface area contributed by atoms with Gasteiger partial charge >= 0.3 is 6.03 Å². The lowest BCUT2D eigenvalue weighted by atomic mass is 10.2. The van der Waals surface area contributed by atoms with Gasteiger partial charge in [0.25, 0.3) is 0 Å². The number of rotatable bonds is 5. The molecule has 92 valence electrons. The van der Waals surface area contributed by atoms with E-state index in [0.717, 1.165) is 12.8 Å². The topological polar surface area (TPSA) is 59.6 Å². The Balaban J connectivity index is 2.17. The third-order valence-corrected chi connectivity index (χ3v) is 2.61. The van der Waals surface area contributed by atoms with Crippen LogP contribution >= 0.6 is 0 Å². The highest BCUT2D eigenvalue weighted by atomic mass is 16.7. The van der Waals surface area contributed by atoms with Crippen molar-refractivity contribution in [1.29, 1.82) is 0 Å². The van der Waals surface area contributed by atoms with Crippen LogP contribution in [0.2, 0.25) is 0 Å². The number of carbonyl (C=O) groups excluding carboxylic acids is 1. The van der Waals surface area contributed by atoms with E-state index in [2.05, 4.69) is 10.6 Å². The molecule has 0 bridgehead atoms. The van der Waals surface area contributed by atoms with Crippen molar-refractivity contribution in [3.8, 4) is 0 Å². The molecule has 1 saturated carbocycles. The molecule has 0 aromatic heterocycles. The Labute approximate surface area is 96.2 Å². The van der Waals surface area contributed by atoms with Crippen LogP contribution in [0.15, 0.2) is 11.8 Å². The molecule has 0 atom stereocenters. The number of hydrogen-bond acceptors (Lipinski definition) is 3. The summed E-state index contributed by atoms with van der Waals surface area (Å²) in [4.78, 5) is 11.4. The zero-order valence-corrected chi connectivity index (χ0v) is 9.91. The van der Waals surface area contributed by atoms with E-state index in [1.807, 2.05) is 0 Å². The summed E-state index contributed by atoms with van der Waals surface area (Å²) in [5.74, 6) is 0. The highest BCUT2D eigenvalue weighted by Crippen LogP contribution is 2.22. The Bertz CT molecular complexity index is 242. The van der Waals surface area contributed by atoms with Crippen molar-refractivity contribution >= 4 is 6.03 Å². The van der Waals surface area contributed by atoms with E-state index < -0.39 is 6.29 Å². The molecule has 1 fully saturated rings. The second-order valence-electron chi connectivity index (χ2n) is 3.77. The molecular weight excluding hydrogens is 208 g/mol. The van der Waals surface area contributed by atoms with Crippen molar-refractivity contribution in [2.24, 2.45) is 0 Å². The summed E-state index contributed by atoms with van der Waals surface area (Å²) in [6.45, 7) is 0.335. The van der Waals surface area contributed by atoms with Crippen molar-refractivity contribution in [2.45, 2.75) is 32.0 Å². The first-order valence-corrected chi connectivity index (χ1v) is 5.54. The maximum Gasteiger partial charge on any atom is 0.318 e. The van der Waals surface area contributed by atoms with Crippen LogP contribution < -0.4 is 10.6 Å². The van der Waals surface area contributed by atoms with Crippen molar-refractivity contribution in [2.75, 3.05) is 20.8 Å². The molecule has 0 heterocycles. The van der Waals surface area contributed by atoms with Crippen LogP contribution in [0, 0.1) is 0 Å². The third kappa shape index (κ3) is 4.63. The molecule has 2 amide bonds. The first-order valence-electron chi connectivity index (χ1n) is 5.54. The Morgan fingerprint density at radius 3 is 2.56 bits per heavy atom. The number of methoxy groups -OCH3 is 2. The summed E-state index contributed by atoms with van der Waals surface area (Å²) in [7, 11) is 3.07. The SMILES string of the molecule is COC(CNC(=O)NC=C1CCCC1)OC. The minimum atomic E-state index is -0.398. The number of ether oxygens (including phenoxy) is 2. The van der Waals surface area contributed by atoms with E-state index in [1.54, 1.807) is 6.20 Å². The van der Waals surface area contributed by atoms with Gasteiger partial charge in [0.2, 0.25) is 0 Å². The van der Waals surface area contributed by atoms with Crippen LogP contribution in [-0.4, -0.2) is 33.1 Å². The van der Waals surface area contributed by atoms with E-state index in [1.165, 1.54) is 32.6 Å². The summed E-state index contributed by atoms with van der Waals surface area (Å²) in [5, 5.41) is 5.37. The molecule has 0 saturated heterocycles. The maximum atomic E-state index is 11.4. The number of carbonyl (C=O) groups is 1. The molecule has 0 spiro atoms. The lowest BCUT2D eigenvalue weighted by molar-refractivity contribution is -0.0971. The van der Waals surface area contributed by atoms with E-state index in [-0.39, 0.29) is 6.03 Å². The minimum absolute atomic E-state index is 0.224. The highest BCUT2D eigenvalue weighted by Gasteiger charge is 2.08. The average molecular weight is 228 g/mol. The van der Waals surface area contributed by atoms with Gasteiger partial charge in [-0.05, 0) is 25.7 Å². The molecular formula is C11H20N2O3. The largest absolute Gasteiger partial charge is 0.354 e. The number of urea groups is 1. The second-order valence-corrected chi connectivity index (χ2v) is 3.77. The van der Waals surface area contributed by atoms with Gasteiger partial charge in [0, 0.05) is 20.4 Å². The van der Waals surface area contributed by atoms with Crippen LogP contribution in [0.1, 0.15) is 25.7 Å². The van der Waals surface area contributed by atoms with Gasteiger partial charge in [0.05, 0.1) is 6.54 Å². The van der Waals surface area contributed by atoms with Gasteiger partial charge in [0.15, 0.2) is 6.29 Å². The van der Waals surface area contributed by atoms with Crippen LogP contribution in [0.5, 0.6) is 0 Å². The number of hydrogen-bond donors (Lipinski definition) is 2.